The molecule has 3 rings (SSSR count). The van der Waals surface area contributed by atoms with E-state index in [0.717, 1.165) is 22.2 Å². The van der Waals surface area contributed by atoms with Gasteiger partial charge >= 0.3 is 0 Å². The second-order valence-corrected chi connectivity index (χ2v) is 10.2. The van der Waals surface area contributed by atoms with E-state index in [0.29, 0.717) is 23.2 Å². The van der Waals surface area contributed by atoms with E-state index in [1.54, 1.807) is 8.99 Å². The average molecular weight is 404 g/mol. The van der Waals surface area contributed by atoms with Gasteiger partial charge in [-0.3, -0.25) is 4.68 Å². The zero-order valence-electron chi connectivity index (χ0n) is 12.5. The molecule has 0 N–H and O–H groups in total. The molecular weight excluding hydrogens is 386 g/mol. The lowest BCUT2D eigenvalue weighted by Gasteiger charge is -2.30. The van der Waals surface area contributed by atoms with Gasteiger partial charge in [-0.05, 0) is 58.8 Å². The van der Waals surface area contributed by atoms with Crippen LogP contribution < -0.4 is 0 Å². The third-order valence-corrected chi connectivity index (χ3v) is 8.32. The summed E-state index contributed by atoms with van der Waals surface area (Å²) in [5.74, 6) is 0.399. The molecule has 0 bridgehead atoms. The molecule has 0 saturated carbocycles. The Labute approximate surface area is 143 Å². The fourth-order valence-electron chi connectivity index (χ4n) is 2.88. The molecule has 1 saturated heterocycles. The van der Waals surface area contributed by atoms with E-state index in [1.807, 2.05) is 32.4 Å². The first-order valence-corrected chi connectivity index (χ1v) is 10.2. The van der Waals surface area contributed by atoms with Crippen LogP contribution in [0.15, 0.2) is 26.5 Å². The van der Waals surface area contributed by atoms with Gasteiger partial charge in [0.25, 0.3) is 10.0 Å². The minimum absolute atomic E-state index is 0.399. The highest BCUT2D eigenvalue weighted by atomic mass is 79.9. The Morgan fingerprint density at radius 2 is 2.05 bits per heavy atom. The number of aryl methyl sites for hydroxylation is 2. The van der Waals surface area contributed by atoms with Crippen LogP contribution >= 0.6 is 27.3 Å². The molecule has 0 aliphatic carbocycles. The van der Waals surface area contributed by atoms with Gasteiger partial charge in [-0.1, -0.05) is 0 Å². The zero-order chi connectivity index (χ0) is 15.9. The standard InChI is InChI=1S/C14H18BrN3O2S2/c1-10-7-13(15)21-14(10)22(19,20)18-5-3-11(4-6-18)12-8-16-17(2)9-12/h7-9,11H,3-6H2,1-2H3. The van der Waals surface area contributed by atoms with Crippen LogP contribution in [0, 0.1) is 6.92 Å². The lowest BCUT2D eigenvalue weighted by molar-refractivity contribution is 0.320. The highest BCUT2D eigenvalue weighted by Gasteiger charge is 2.32. The Morgan fingerprint density at radius 1 is 1.36 bits per heavy atom. The first-order chi connectivity index (χ1) is 10.4. The quantitative estimate of drug-likeness (QED) is 0.790. The predicted octanol–water partition coefficient (Wildman–Crippen LogP) is 3.12. The van der Waals surface area contributed by atoms with Crippen molar-refractivity contribution in [2.24, 2.45) is 7.05 Å². The molecule has 2 aromatic heterocycles. The summed E-state index contributed by atoms with van der Waals surface area (Å²) in [6.07, 6.45) is 5.59. The van der Waals surface area contributed by atoms with E-state index in [9.17, 15) is 8.42 Å². The summed E-state index contributed by atoms with van der Waals surface area (Å²) in [4.78, 5) is 0. The zero-order valence-corrected chi connectivity index (χ0v) is 15.7. The van der Waals surface area contributed by atoms with Gasteiger partial charge < -0.3 is 0 Å². The second kappa shape index (κ2) is 6.07. The molecule has 8 heteroatoms. The Balaban J connectivity index is 1.74. The number of hydrogen-bond acceptors (Lipinski definition) is 4. The van der Waals surface area contributed by atoms with Crippen LogP contribution in [-0.2, 0) is 17.1 Å². The lowest BCUT2D eigenvalue weighted by atomic mass is 9.93. The number of rotatable bonds is 3. The van der Waals surface area contributed by atoms with Crippen molar-refractivity contribution in [3.05, 3.63) is 33.4 Å². The first-order valence-electron chi connectivity index (χ1n) is 7.12. The van der Waals surface area contributed by atoms with E-state index in [-0.39, 0.29) is 0 Å². The molecule has 1 aliphatic heterocycles. The smallest absolute Gasteiger partial charge is 0.252 e. The minimum atomic E-state index is -3.37. The van der Waals surface area contributed by atoms with Crippen molar-refractivity contribution in [3.8, 4) is 0 Å². The molecule has 5 nitrogen and oxygen atoms in total. The molecule has 0 atom stereocenters. The van der Waals surface area contributed by atoms with Crippen LogP contribution in [0.5, 0.6) is 0 Å². The molecule has 0 unspecified atom stereocenters. The second-order valence-electron chi connectivity index (χ2n) is 5.65. The summed E-state index contributed by atoms with van der Waals surface area (Å²) >= 11 is 4.66. The van der Waals surface area contributed by atoms with Crippen molar-refractivity contribution in [1.29, 1.82) is 0 Å². The highest BCUT2D eigenvalue weighted by molar-refractivity contribution is 9.11. The molecule has 1 fully saturated rings. The van der Waals surface area contributed by atoms with E-state index in [4.69, 9.17) is 0 Å². The van der Waals surface area contributed by atoms with Crippen LogP contribution in [-0.4, -0.2) is 35.6 Å². The fraction of sp³-hybridized carbons (Fsp3) is 0.500. The minimum Gasteiger partial charge on any atom is -0.276 e. The normalized spacial score (nSPS) is 18.0. The molecule has 0 amide bonds. The molecule has 0 spiro atoms. The molecule has 120 valence electrons. The summed E-state index contributed by atoms with van der Waals surface area (Å²) < 4.78 is 30.3. The van der Waals surface area contributed by atoms with E-state index >= 15 is 0 Å². The summed E-state index contributed by atoms with van der Waals surface area (Å²) in [6.45, 7) is 2.98. The van der Waals surface area contributed by atoms with Crippen LogP contribution in [0.3, 0.4) is 0 Å². The third-order valence-electron chi connectivity index (χ3n) is 4.07. The van der Waals surface area contributed by atoms with E-state index in [1.165, 1.54) is 16.9 Å². The molecule has 22 heavy (non-hydrogen) atoms. The van der Waals surface area contributed by atoms with Gasteiger partial charge in [-0.15, -0.1) is 11.3 Å². The van der Waals surface area contributed by atoms with Gasteiger partial charge in [-0.2, -0.15) is 9.40 Å². The molecule has 0 radical (unpaired) electrons. The van der Waals surface area contributed by atoms with Gasteiger partial charge in [0.15, 0.2) is 0 Å². The summed E-state index contributed by atoms with van der Waals surface area (Å²) in [7, 11) is -1.47. The molecule has 2 aromatic rings. The molecule has 1 aliphatic rings. The van der Waals surface area contributed by atoms with Gasteiger partial charge in [0.05, 0.1) is 9.98 Å². The van der Waals surface area contributed by atoms with Gasteiger partial charge in [0.1, 0.15) is 4.21 Å². The van der Waals surface area contributed by atoms with Crippen molar-refractivity contribution < 1.29 is 8.42 Å². The van der Waals surface area contributed by atoms with Crippen LogP contribution in [0.2, 0.25) is 0 Å². The Bertz CT molecular complexity index is 774. The topological polar surface area (TPSA) is 55.2 Å². The largest absolute Gasteiger partial charge is 0.276 e. The van der Waals surface area contributed by atoms with Crippen molar-refractivity contribution >= 4 is 37.3 Å². The van der Waals surface area contributed by atoms with Crippen molar-refractivity contribution in [1.82, 2.24) is 14.1 Å². The number of halogens is 1. The molecule has 3 heterocycles. The summed E-state index contributed by atoms with van der Waals surface area (Å²) in [6, 6.07) is 1.86. The third kappa shape index (κ3) is 3.02. The lowest BCUT2D eigenvalue weighted by Crippen LogP contribution is -2.37. The Kier molecular flexibility index (Phi) is 4.46. The van der Waals surface area contributed by atoms with Crippen molar-refractivity contribution in [2.75, 3.05) is 13.1 Å². The first kappa shape index (κ1) is 16.2. The number of nitrogens with zero attached hydrogens (tertiary/aromatic N) is 3. The maximum absolute atomic E-state index is 12.8. The van der Waals surface area contributed by atoms with Crippen molar-refractivity contribution in [3.63, 3.8) is 0 Å². The SMILES string of the molecule is Cc1cc(Br)sc1S(=O)(=O)N1CCC(c2cnn(C)c2)CC1. The number of piperidine rings is 1. The number of thiophene rings is 1. The van der Waals surface area contributed by atoms with Crippen LogP contribution in [0.25, 0.3) is 0 Å². The van der Waals surface area contributed by atoms with Gasteiger partial charge in [-0.25, -0.2) is 8.42 Å². The number of sulfonamides is 1. The monoisotopic (exact) mass is 403 g/mol. The predicted molar refractivity (Wildman–Crippen MR) is 90.7 cm³/mol. The van der Waals surface area contributed by atoms with Crippen molar-refractivity contribution in [2.45, 2.75) is 29.9 Å². The van der Waals surface area contributed by atoms with E-state index < -0.39 is 10.0 Å². The highest BCUT2D eigenvalue weighted by Crippen LogP contribution is 2.35. The molecular formula is C14H18BrN3O2S2. The maximum Gasteiger partial charge on any atom is 0.252 e. The van der Waals surface area contributed by atoms with Gasteiger partial charge in [0.2, 0.25) is 0 Å². The Hall–Kier alpha value is -0.700. The maximum atomic E-state index is 12.8. The van der Waals surface area contributed by atoms with Crippen LogP contribution in [0.1, 0.15) is 29.9 Å². The molecule has 0 aromatic carbocycles. The average Bonchev–Trinajstić information content (AvgIpc) is 3.05. The van der Waals surface area contributed by atoms with Gasteiger partial charge in [0, 0.05) is 26.3 Å². The summed E-state index contributed by atoms with van der Waals surface area (Å²) in [5.41, 5.74) is 2.01. The number of hydrogen-bond donors (Lipinski definition) is 0. The van der Waals surface area contributed by atoms with E-state index in [2.05, 4.69) is 21.0 Å². The van der Waals surface area contributed by atoms with Crippen LogP contribution in [0.4, 0.5) is 0 Å². The Morgan fingerprint density at radius 3 is 2.55 bits per heavy atom. The fourth-order valence-corrected chi connectivity index (χ4v) is 7.06. The number of aromatic nitrogens is 2. The summed E-state index contributed by atoms with van der Waals surface area (Å²) in [5, 5.41) is 4.20.